The number of halogens is 2. The molecule has 1 rings (SSSR count). The summed E-state index contributed by atoms with van der Waals surface area (Å²) in [6.45, 7) is 4.55. The molecule has 1 nitrogen and oxygen atoms in total. The number of benzene rings is 1. The van der Waals surface area contributed by atoms with Crippen molar-refractivity contribution in [1.82, 2.24) is 0 Å². The molecule has 1 aromatic rings. The maximum Gasteiger partial charge on any atom is 0.0497 e. The van der Waals surface area contributed by atoms with Gasteiger partial charge in [0.25, 0.3) is 0 Å². The third-order valence-corrected chi connectivity index (χ3v) is 5.01. The van der Waals surface area contributed by atoms with E-state index in [1.807, 2.05) is 0 Å². The van der Waals surface area contributed by atoms with Crippen molar-refractivity contribution in [3.63, 3.8) is 0 Å². The lowest BCUT2D eigenvalue weighted by Crippen LogP contribution is -2.15. The molecule has 0 heterocycles. The van der Waals surface area contributed by atoms with Gasteiger partial charge in [-0.1, -0.05) is 74.2 Å². The summed E-state index contributed by atoms with van der Waals surface area (Å²) in [6.07, 6.45) is 12.4. The van der Waals surface area contributed by atoms with E-state index in [2.05, 4.69) is 69.2 Å². The van der Waals surface area contributed by atoms with Crippen molar-refractivity contribution in [3.05, 3.63) is 27.1 Å². The topological polar surface area (TPSA) is 12.0 Å². The van der Waals surface area contributed by atoms with E-state index in [4.69, 9.17) is 0 Å². The Hall–Kier alpha value is -0.0200. The lowest BCUT2D eigenvalue weighted by molar-refractivity contribution is 0.550. The van der Waals surface area contributed by atoms with Gasteiger partial charge in [-0.2, -0.15) is 0 Å². The van der Waals surface area contributed by atoms with Crippen molar-refractivity contribution in [2.45, 2.75) is 77.7 Å². The lowest BCUT2D eigenvalue weighted by atomic mass is 10.1. The summed E-state index contributed by atoms with van der Waals surface area (Å²) >= 11 is 7.12. The predicted molar refractivity (Wildman–Crippen MR) is 102 cm³/mol. The quantitative estimate of drug-likeness (QED) is 0.366. The summed E-state index contributed by atoms with van der Waals surface area (Å²) in [4.78, 5) is 0. The molecule has 21 heavy (non-hydrogen) atoms. The van der Waals surface area contributed by atoms with Gasteiger partial charge in [-0.3, -0.25) is 0 Å². The summed E-state index contributed by atoms with van der Waals surface area (Å²) in [6, 6.07) is 6.79. The molecular formula is C18H29Br2N. The summed E-state index contributed by atoms with van der Waals surface area (Å²) in [7, 11) is 0. The van der Waals surface area contributed by atoms with E-state index in [9.17, 15) is 0 Å². The number of unbranched alkanes of at least 4 members (excludes halogenated alkanes) is 7. The molecule has 120 valence electrons. The highest BCUT2D eigenvalue weighted by atomic mass is 79.9. The molecule has 0 fully saturated rings. The van der Waals surface area contributed by atoms with Crippen LogP contribution in [0.5, 0.6) is 0 Å². The van der Waals surface area contributed by atoms with Crippen LogP contribution in [0.4, 0.5) is 5.69 Å². The Bertz CT molecular complexity index is 393. The highest BCUT2D eigenvalue weighted by Gasteiger charge is 2.05. The van der Waals surface area contributed by atoms with E-state index in [1.165, 1.54) is 63.5 Å². The van der Waals surface area contributed by atoms with Gasteiger partial charge in [-0.15, -0.1) is 0 Å². The first-order chi connectivity index (χ1) is 10.1. The van der Waals surface area contributed by atoms with Crippen molar-refractivity contribution >= 4 is 37.5 Å². The molecule has 0 bridgehead atoms. The van der Waals surface area contributed by atoms with Gasteiger partial charge in [0.15, 0.2) is 0 Å². The Morgan fingerprint density at radius 2 is 1.57 bits per heavy atom. The van der Waals surface area contributed by atoms with Crippen LogP contribution in [0, 0.1) is 0 Å². The zero-order valence-electron chi connectivity index (χ0n) is 13.4. The third kappa shape index (κ3) is 8.87. The highest BCUT2D eigenvalue weighted by Crippen LogP contribution is 2.27. The summed E-state index contributed by atoms with van der Waals surface area (Å²) in [5.41, 5.74) is 1.18. The van der Waals surface area contributed by atoms with Crippen molar-refractivity contribution < 1.29 is 0 Å². The van der Waals surface area contributed by atoms with Gasteiger partial charge in [-0.05, 0) is 47.5 Å². The van der Waals surface area contributed by atoms with E-state index >= 15 is 0 Å². The fourth-order valence-electron chi connectivity index (χ4n) is 2.53. The molecular weight excluding hydrogens is 390 g/mol. The van der Waals surface area contributed by atoms with Crippen LogP contribution in [0.25, 0.3) is 0 Å². The maximum absolute atomic E-state index is 3.60. The highest BCUT2D eigenvalue weighted by molar-refractivity contribution is 9.11. The van der Waals surface area contributed by atoms with Crippen molar-refractivity contribution in [2.24, 2.45) is 0 Å². The average Bonchev–Trinajstić information content (AvgIpc) is 2.46. The molecule has 0 aliphatic carbocycles. The van der Waals surface area contributed by atoms with Crippen LogP contribution in [0.1, 0.15) is 71.6 Å². The smallest absolute Gasteiger partial charge is 0.0497 e. The van der Waals surface area contributed by atoms with E-state index in [-0.39, 0.29) is 0 Å². The first-order valence-electron chi connectivity index (χ1n) is 8.35. The molecule has 0 saturated heterocycles. The molecule has 0 radical (unpaired) electrons. The van der Waals surface area contributed by atoms with Crippen LogP contribution >= 0.6 is 31.9 Å². The van der Waals surface area contributed by atoms with Crippen LogP contribution in [-0.2, 0) is 0 Å². The number of rotatable bonds is 11. The molecule has 3 heteroatoms. The van der Waals surface area contributed by atoms with Crippen molar-refractivity contribution in [3.8, 4) is 0 Å². The van der Waals surface area contributed by atoms with Crippen LogP contribution in [-0.4, -0.2) is 6.04 Å². The Labute approximate surface area is 147 Å². The molecule has 0 saturated carbocycles. The standard InChI is InChI=1S/C18H29Br2N/c1-3-4-5-6-7-8-9-10-11-15(2)21-18-14-16(19)12-13-17(18)20/h12-15,21H,3-11H2,1-2H3. The van der Waals surface area contributed by atoms with Gasteiger partial charge in [0, 0.05) is 20.7 Å². The van der Waals surface area contributed by atoms with E-state index in [0.717, 1.165) is 8.95 Å². The SMILES string of the molecule is CCCCCCCCCCC(C)Nc1cc(Br)ccc1Br. The van der Waals surface area contributed by atoms with E-state index < -0.39 is 0 Å². The molecule has 0 aromatic heterocycles. The van der Waals surface area contributed by atoms with Gasteiger partial charge in [0.1, 0.15) is 0 Å². The average molecular weight is 419 g/mol. The zero-order valence-corrected chi connectivity index (χ0v) is 16.6. The van der Waals surface area contributed by atoms with Gasteiger partial charge < -0.3 is 5.32 Å². The molecule has 0 aliphatic heterocycles. The second kappa shape index (κ2) is 11.5. The Morgan fingerprint density at radius 1 is 0.952 bits per heavy atom. The second-order valence-corrected chi connectivity index (χ2v) is 7.70. The minimum atomic E-state index is 0.524. The number of hydrogen-bond acceptors (Lipinski definition) is 1. The normalized spacial score (nSPS) is 12.4. The third-order valence-electron chi connectivity index (χ3n) is 3.82. The minimum Gasteiger partial charge on any atom is -0.382 e. The Balaban J connectivity index is 2.11. The fourth-order valence-corrected chi connectivity index (χ4v) is 3.25. The summed E-state index contributed by atoms with van der Waals surface area (Å²) < 4.78 is 2.25. The van der Waals surface area contributed by atoms with Gasteiger partial charge in [-0.25, -0.2) is 0 Å². The lowest BCUT2D eigenvalue weighted by Gasteiger charge is -2.16. The first kappa shape index (κ1) is 19.0. The van der Waals surface area contributed by atoms with Gasteiger partial charge >= 0.3 is 0 Å². The van der Waals surface area contributed by atoms with Crippen LogP contribution in [0.3, 0.4) is 0 Å². The molecule has 0 amide bonds. The van der Waals surface area contributed by atoms with E-state index in [0.29, 0.717) is 6.04 Å². The zero-order chi connectivity index (χ0) is 15.5. The maximum atomic E-state index is 3.60. The van der Waals surface area contributed by atoms with Crippen LogP contribution in [0.2, 0.25) is 0 Å². The molecule has 1 N–H and O–H groups in total. The van der Waals surface area contributed by atoms with Crippen LogP contribution < -0.4 is 5.32 Å². The number of nitrogens with one attached hydrogen (secondary N) is 1. The van der Waals surface area contributed by atoms with Crippen molar-refractivity contribution in [1.29, 1.82) is 0 Å². The Morgan fingerprint density at radius 3 is 2.24 bits per heavy atom. The predicted octanol–water partition coefficient (Wildman–Crippen LogP) is 7.54. The first-order valence-corrected chi connectivity index (χ1v) is 9.93. The number of anilines is 1. The van der Waals surface area contributed by atoms with Crippen LogP contribution in [0.15, 0.2) is 27.1 Å². The summed E-state index contributed by atoms with van der Waals surface area (Å²) in [5.74, 6) is 0. The van der Waals surface area contributed by atoms with E-state index in [1.54, 1.807) is 0 Å². The van der Waals surface area contributed by atoms with Gasteiger partial charge in [0.05, 0.1) is 0 Å². The van der Waals surface area contributed by atoms with Gasteiger partial charge in [0.2, 0.25) is 0 Å². The second-order valence-electron chi connectivity index (χ2n) is 5.93. The fraction of sp³-hybridized carbons (Fsp3) is 0.667. The Kier molecular flexibility index (Phi) is 10.5. The molecule has 1 unspecified atom stereocenters. The number of hydrogen-bond donors (Lipinski definition) is 1. The minimum absolute atomic E-state index is 0.524. The summed E-state index contributed by atoms with van der Waals surface area (Å²) in [5, 5.41) is 3.59. The molecule has 1 atom stereocenters. The molecule has 0 aliphatic rings. The largest absolute Gasteiger partial charge is 0.382 e. The molecule has 1 aromatic carbocycles. The van der Waals surface area contributed by atoms with Crippen molar-refractivity contribution in [2.75, 3.05) is 5.32 Å². The molecule has 0 spiro atoms. The monoisotopic (exact) mass is 417 g/mol.